The molecule has 0 aromatic carbocycles. The summed E-state index contributed by atoms with van der Waals surface area (Å²) in [7, 11) is 0. The highest BCUT2D eigenvalue weighted by atomic mass is 14.7. The molecule has 0 aliphatic carbocycles. The van der Waals surface area contributed by atoms with Crippen molar-refractivity contribution in [3.05, 3.63) is 36.2 Å². The first-order valence-electron chi connectivity index (χ1n) is 3.39. The molecule has 1 aromatic rings. The maximum Gasteiger partial charge on any atom is 0.0665 e. The van der Waals surface area contributed by atoms with E-state index in [0.717, 1.165) is 11.3 Å². The Labute approximate surface area is 66.8 Å². The van der Waals surface area contributed by atoms with Crippen molar-refractivity contribution < 1.29 is 0 Å². The third-order valence-corrected chi connectivity index (χ3v) is 1.37. The van der Waals surface area contributed by atoms with Crippen LogP contribution in [-0.4, -0.2) is 4.98 Å². The second kappa shape index (κ2) is 3.58. The molecule has 54 valence electrons. The van der Waals surface area contributed by atoms with Crippen LogP contribution in [0.3, 0.4) is 0 Å². The maximum absolute atomic E-state index is 5.11. The largest absolute Gasteiger partial charge is 0.257 e. The van der Waals surface area contributed by atoms with Gasteiger partial charge in [-0.3, -0.25) is 4.98 Å². The molecule has 1 nitrogen and oxygen atoms in total. The van der Waals surface area contributed by atoms with Gasteiger partial charge in [0.1, 0.15) is 0 Å². The van der Waals surface area contributed by atoms with Crippen molar-refractivity contribution in [3.63, 3.8) is 0 Å². The van der Waals surface area contributed by atoms with E-state index in [-0.39, 0.29) is 0 Å². The molecule has 0 spiro atoms. The second-order valence-electron chi connectivity index (χ2n) is 2.21. The van der Waals surface area contributed by atoms with E-state index < -0.39 is 0 Å². The van der Waals surface area contributed by atoms with Crippen LogP contribution in [0.25, 0.3) is 5.57 Å². The molecular formula is C10H9N. The van der Waals surface area contributed by atoms with Gasteiger partial charge < -0.3 is 0 Å². The Balaban J connectivity index is 2.96. The van der Waals surface area contributed by atoms with Crippen LogP contribution in [0.5, 0.6) is 0 Å². The summed E-state index contributed by atoms with van der Waals surface area (Å²) in [4.78, 5) is 4.13. The fourth-order valence-electron chi connectivity index (χ4n) is 0.795. The summed E-state index contributed by atoms with van der Waals surface area (Å²) in [6.45, 7) is 1.95. The Morgan fingerprint density at radius 3 is 3.00 bits per heavy atom. The van der Waals surface area contributed by atoms with Crippen LogP contribution in [0, 0.1) is 12.3 Å². The number of aromatic nitrogens is 1. The lowest BCUT2D eigenvalue weighted by Crippen LogP contribution is -1.82. The van der Waals surface area contributed by atoms with Gasteiger partial charge in [0, 0.05) is 6.20 Å². The van der Waals surface area contributed by atoms with Crippen LogP contribution in [0.2, 0.25) is 0 Å². The highest BCUT2D eigenvalue weighted by molar-refractivity contribution is 5.62. The molecule has 0 N–H and O–H groups in total. The van der Waals surface area contributed by atoms with E-state index in [1.54, 1.807) is 12.3 Å². The number of hydrogen-bond donors (Lipinski definition) is 0. The molecule has 0 aliphatic rings. The highest BCUT2D eigenvalue weighted by Gasteiger charge is 1.91. The minimum atomic E-state index is 0.936. The van der Waals surface area contributed by atoms with Gasteiger partial charge in [-0.15, -0.1) is 6.42 Å². The van der Waals surface area contributed by atoms with E-state index >= 15 is 0 Å². The SMILES string of the molecule is C#C/C=C(\C)c1ccccn1. The van der Waals surface area contributed by atoms with Crippen molar-refractivity contribution in [1.29, 1.82) is 0 Å². The predicted molar refractivity (Wildman–Crippen MR) is 46.7 cm³/mol. The number of rotatable bonds is 1. The Kier molecular flexibility index (Phi) is 2.46. The van der Waals surface area contributed by atoms with E-state index in [0.29, 0.717) is 0 Å². The molecule has 0 radical (unpaired) electrons. The molecule has 0 aliphatic heterocycles. The first kappa shape index (κ1) is 7.56. The van der Waals surface area contributed by atoms with Gasteiger partial charge in [-0.05, 0) is 30.7 Å². The van der Waals surface area contributed by atoms with Gasteiger partial charge in [0.25, 0.3) is 0 Å². The number of hydrogen-bond acceptors (Lipinski definition) is 1. The summed E-state index contributed by atoms with van der Waals surface area (Å²) in [5.41, 5.74) is 1.96. The van der Waals surface area contributed by atoms with Crippen molar-refractivity contribution in [2.45, 2.75) is 6.92 Å². The maximum atomic E-state index is 5.11. The van der Waals surface area contributed by atoms with Gasteiger partial charge in [0.05, 0.1) is 5.69 Å². The van der Waals surface area contributed by atoms with E-state index in [9.17, 15) is 0 Å². The van der Waals surface area contributed by atoms with Crippen molar-refractivity contribution in [3.8, 4) is 12.3 Å². The van der Waals surface area contributed by atoms with Crippen molar-refractivity contribution in [2.24, 2.45) is 0 Å². The molecular weight excluding hydrogens is 134 g/mol. The van der Waals surface area contributed by atoms with E-state index in [4.69, 9.17) is 6.42 Å². The van der Waals surface area contributed by atoms with Crippen LogP contribution >= 0.6 is 0 Å². The lowest BCUT2D eigenvalue weighted by Gasteiger charge is -1.95. The number of pyridine rings is 1. The van der Waals surface area contributed by atoms with Gasteiger partial charge in [-0.1, -0.05) is 12.0 Å². The van der Waals surface area contributed by atoms with Gasteiger partial charge in [-0.2, -0.15) is 0 Å². The van der Waals surface area contributed by atoms with Gasteiger partial charge in [-0.25, -0.2) is 0 Å². The van der Waals surface area contributed by atoms with Crippen LogP contribution < -0.4 is 0 Å². The Hall–Kier alpha value is -1.55. The molecule has 0 saturated carbocycles. The van der Waals surface area contributed by atoms with Crippen LogP contribution in [0.1, 0.15) is 12.6 Å². The molecule has 0 saturated heterocycles. The summed E-state index contributed by atoms with van der Waals surface area (Å²) in [5, 5.41) is 0. The Morgan fingerprint density at radius 1 is 1.64 bits per heavy atom. The average molecular weight is 143 g/mol. The summed E-state index contributed by atoms with van der Waals surface area (Å²) >= 11 is 0. The summed E-state index contributed by atoms with van der Waals surface area (Å²) < 4.78 is 0. The van der Waals surface area contributed by atoms with Gasteiger partial charge >= 0.3 is 0 Å². The molecule has 1 rings (SSSR count). The normalized spacial score (nSPS) is 10.7. The fourth-order valence-corrected chi connectivity index (χ4v) is 0.795. The molecule has 0 bridgehead atoms. The van der Waals surface area contributed by atoms with E-state index in [2.05, 4.69) is 10.9 Å². The zero-order valence-corrected chi connectivity index (χ0v) is 6.41. The standard InChI is InChI=1S/C10H9N/c1-3-6-9(2)10-7-4-5-8-11-10/h1,4-8H,2H3/b9-6+. The third kappa shape index (κ3) is 1.94. The fraction of sp³-hybridized carbons (Fsp3) is 0.100. The molecule has 1 heterocycles. The molecule has 1 aromatic heterocycles. The Bertz CT molecular complexity index is 290. The molecule has 0 unspecified atom stereocenters. The molecule has 11 heavy (non-hydrogen) atoms. The van der Waals surface area contributed by atoms with Gasteiger partial charge in [0.15, 0.2) is 0 Å². The van der Waals surface area contributed by atoms with Crippen molar-refractivity contribution in [1.82, 2.24) is 4.98 Å². The third-order valence-electron chi connectivity index (χ3n) is 1.37. The summed E-state index contributed by atoms with van der Waals surface area (Å²) in [5.74, 6) is 2.46. The highest BCUT2D eigenvalue weighted by Crippen LogP contribution is 2.07. The van der Waals surface area contributed by atoms with Crippen molar-refractivity contribution in [2.75, 3.05) is 0 Å². The lowest BCUT2D eigenvalue weighted by atomic mass is 10.2. The Morgan fingerprint density at radius 2 is 2.45 bits per heavy atom. The first-order valence-corrected chi connectivity index (χ1v) is 3.39. The molecule has 0 fully saturated rings. The number of allylic oxidation sites excluding steroid dienone is 2. The molecule has 0 amide bonds. The molecule has 0 atom stereocenters. The summed E-state index contributed by atoms with van der Waals surface area (Å²) in [6.07, 6.45) is 8.58. The van der Waals surface area contributed by atoms with E-state index in [1.807, 2.05) is 25.1 Å². The monoisotopic (exact) mass is 143 g/mol. The topological polar surface area (TPSA) is 12.9 Å². The van der Waals surface area contributed by atoms with E-state index in [1.165, 1.54) is 0 Å². The smallest absolute Gasteiger partial charge is 0.0665 e. The molecule has 1 heteroatoms. The zero-order valence-electron chi connectivity index (χ0n) is 6.41. The van der Waals surface area contributed by atoms with Crippen molar-refractivity contribution >= 4 is 5.57 Å². The average Bonchev–Trinajstić information content (AvgIpc) is 2.07. The van der Waals surface area contributed by atoms with Crippen LogP contribution in [0.15, 0.2) is 30.5 Å². The zero-order chi connectivity index (χ0) is 8.10. The predicted octanol–water partition coefficient (Wildman–Crippen LogP) is 2.12. The summed E-state index contributed by atoms with van der Waals surface area (Å²) in [6, 6.07) is 5.76. The lowest BCUT2D eigenvalue weighted by molar-refractivity contribution is 1.27. The minimum absolute atomic E-state index is 0.936. The van der Waals surface area contributed by atoms with Crippen LogP contribution in [-0.2, 0) is 0 Å². The quantitative estimate of drug-likeness (QED) is 0.549. The number of terminal acetylenes is 1. The number of nitrogens with zero attached hydrogens (tertiary/aromatic N) is 1. The minimum Gasteiger partial charge on any atom is -0.257 e. The van der Waals surface area contributed by atoms with Gasteiger partial charge in [0.2, 0.25) is 0 Å². The van der Waals surface area contributed by atoms with Crippen LogP contribution in [0.4, 0.5) is 0 Å². The second-order valence-corrected chi connectivity index (χ2v) is 2.21. The first-order chi connectivity index (χ1) is 5.34.